The number of aryl methyl sites for hydroxylation is 2. The lowest BCUT2D eigenvalue weighted by Crippen LogP contribution is -2.08. The number of hydrogen-bond acceptors (Lipinski definition) is 3. The average molecular weight is 230 g/mol. The lowest BCUT2D eigenvalue weighted by atomic mass is 10.1. The van der Waals surface area contributed by atoms with Crippen LogP contribution in [0.4, 0.5) is 0 Å². The molecule has 17 heavy (non-hydrogen) atoms. The van der Waals surface area contributed by atoms with Crippen LogP contribution in [0.1, 0.15) is 16.9 Å². The van der Waals surface area contributed by atoms with Gasteiger partial charge in [-0.25, -0.2) is 0 Å². The second-order valence-electron chi connectivity index (χ2n) is 3.89. The first-order valence-corrected chi connectivity index (χ1v) is 5.44. The summed E-state index contributed by atoms with van der Waals surface area (Å²) in [5, 5.41) is 0. The summed E-state index contributed by atoms with van der Waals surface area (Å²) >= 11 is 0. The molecule has 0 aliphatic carbocycles. The van der Waals surface area contributed by atoms with Crippen LogP contribution in [0.25, 0.3) is 0 Å². The zero-order valence-corrected chi connectivity index (χ0v) is 9.90. The summed E-state index contributed by atoms with van der Waals surface area (Å²) in [5.41, 5.74) is 2.06. The Kier molecular flexibility index (Phi) is 3.28. The summed E-state index contributed by atoms with van der Waals surface area (Å²) in [4.78, 5) is 11.6. The third kappa shape index (κ3) is 2.56. The maximum atomic E-state index is 11.6. The van der Waals surface area contributed by atoms with Gasteiger partial charge in [-0.15, -0.1) is 0 Å². The van der Waals surface area contributed by atoms with Crippen molar-refractivity contribution in [3.63, 3.8) is 0 Å². The highest BCUT2D eigenvalue weighted by Crippen LogP contribution is 2.14. The zero-order valence-electron chi connectivity index (χ0n) is 9.90. The Balaban J connectivity index is 2.19. The molecule has 0 N–H and O–H groups in total. The molecule has 0 aliphatic heterocycles. The summed E-state index contributed by atoms with van der Waals surface area (Å²) in [6.45, 7) is 4.11. The van der Waals surface area contributed by atoms with E-state index in [1.54, 1.807) is 6.92 Å². The summed E-state index contributed by atoms with van der Waals surface area (Å²) in [6.07, 6.45) is 1.37. The maximum absolute atomic E-state index is 11.6. The molecule has 88 valence electrons. The molecule has 0 fully saturated rings. The van der Waals surface area contributed by atoms with Gasteiger partial charge in [0.15, 0.2) is 0 Å². The smallest absolute Gasteiger partial charge is 0.227 e. The highest BCUT2D eigenvalue weighted by molar-refractivity contribution is 5.27. The minimum atomic E-state index is -0.151. The van der Waals surface area contributed by atoms with Crippen LogP contribution in [0.2, 0.25) is 0 Å². The summed E-state index contributed by atoms with van der Waals surface area (Å²) in [7, 11) is 0. The monoisotopic (exact) mass is 230 g/mol. The van der Waals surface area contributed by atoms with Gasteiger partial charge in [0.25, 0.3) is 0 Å². The second-order valence-corrected chi connectivity index (χ2v) is 3.89. The summed E-state index contributed by atoms with van der Waals surface area (Å²) < 4.78 is 10.7. The molecule has 3 heteroatoms. The maximum Gasteiger partial charge on any atom is 0.227 e. The first kappa shape index (κ1) is 11.5. The van der Waals surface area contributed by atoms with Crippen molar-refractivity contribution in [2.75, 3.05) is 0 Å². The molecule has 0 saturated carbocycles. The van der Waals surface area contributed by atoms with Gasteiger partial charge in [0.05, 0.1) is 6.26 Å². The van der Waals surface area contributed by atoms with Crippen molar-refractivity contribution < 1.29 is 9.15 Å². The quantitative estimate of drug-likeness (QED) is 0.813. The molecule has 0 radical (unpaired) electrons. The standard InChI is InChI=1S/C14H14O3/c1-10-5-3-4-6-12(10)9-17-14-11(2)16-8-7-13(14)15/h3-8H,9H2,1-2H3. The van der Waals surface area contributed by atoms with Gasteiger partial charge in [0, 0.05) is 6.07 Å². The summed E-state index contributed by atoms with van der Waals surface area (Å²) in [6, 6.07) is 9.28. The highest BCUT2D eigenvalue weighted by atomic mass is 16.5. The molecule has 0 amide bonds. The third-order valence-corrected chi connectivity index (χ3v) is 2.64. The Morgan fingerprint density at radius 2 is 1.94 bits per heavy atom. The number of ether oxygens (including phenoxy) is 1. The molecule has 3 nitrogen and oxygen atoms in total. The predicted molar refractivity (Wildman–Crippen MR) is 65.2 cm³/mol. The normalized spacial score (nSPS) is 10.2. The first-order valence-electron chi connectivity index (χ1n) is 5.44. The van der Waals surface area contributed by atoms with Crippen molar-refractivity contribution in [3.8, 4) is 5.75 Å². The number of benzene rings is 1. The van der Waals surface area contributed by atoms with Gasteiger partial charge >= 0.3 is 0 Å². The van der Waals surface area contributed by atoms with Crippen LogP contribution in [0.15, 0.2) is 45.8 Å². The zero-order chi connectivity index (χ0) is 12.3. The van der Waals surface area contributed by atoms with Crippen LogP contribution in [0.5, 0.6) is 5.75 Å². The molecule has 2 aromatic rings. The summed E-state index contributed by atoms with van der Waals surface area (Å²) in [5.74, 6) is 0.793. The van der Waals surface area contributed by atoms with E-state index in [0.717, 1.165) is 11.1 Å². The van der Waals surface area contributed by atoms with E-state index in [2.05, 4.69) is 0 Å². The fraction of sp³-hybridized carbons (Fsp3) is 0.214. The van der Waals surface area contributed by atoms with Crippen LogP contribution in [0, 0.1) is 13.8 Å². The fourth-order valence-corrected chi connectivity index (χ4v) is 1.60. The number of hydrogen-bond donors (Lipinski definition) is 0. The van der Waals surface area contributed by atoms with E-state index in [9.17, 15) is 4.79 Å². The molecule has 1 aromatic heterocycles. The second kappa shape index (κ2) is 4.87. The molecular formula is C14H14O3. The minimum Gasteiger partial charge on any atom is -0.482 e. The van der Waals surface area contributed by atoms with Crippen molar-refractivity contribution in [2.45, 2.75) is 20.5 Å². The Morgan fingerprint density at radius 3 is 2.65 bits per heavy atom. The van der Waals surface area contributed by atoms with Gasteiger partial charge in [-0.3, -0.25) is 4.79 Å². The lowest BCUT2D eigenvalue weighted by molar-refractivity contribution is 0.285. The molecule has 0 unspecified atom stereocenters. The SMILES string of the molecule is Cc1ccccc1COc1c(C)occc1=O. The molecule has 0 bridgehead atoms. The molecule has 0 aliphatic rings. The van der Waals surface area contributed by atoms with Gasteiger partial charge < -0.3 is 9.15 Å². The fourth-order valence-electron chi connectivity index (χ4n) is 1.60. The highest BCUT2D eigenvalue weighted by Gasteiger charge is 2.07. The molecular weight excluding hydrogens is 216 g/mol. The van der Waals surface area contributed by atoms with Crippen molar-refractivity contribution in [1.29, 1.82) is 0 Å². The van der Waals surface area contributed by atoms with E-state index >= 15 is 0 Å². The van der Waals surface area contributed by atoms with Gasteiger partial charge in [0.1, 0.15) is 12.4 Å². The van der Waals surface area contributed by atoms with Crippen LogP contribution < -0.4 is 10.2 Å². The van der Waals surface area contributed by atoms with Crippen molar-refractivity contribution in [1.82, 2.24) is 0 Å². The van der Waals surface area contributed by atoms with Gasteiger partial charge in [-0.05, 0) is 25.0 Å². The topological polar surface area (TPSA) is 39.4 Å². The van der Waals surface area contributed by atoms with E-state index in [1.165, 1.54) is 12.3 Å². The number of rotatable bonds is 3. The van der Waals surface area contributed by atoms with Crippen LogP contribution >= 0.6 is 0 Å². The van der Waals surface area contributed by atoms with Gasteiger partial charge in [-0.1, -0.05) is 24.3 Å². The lowest BCUT2D eigenvalue weighted by Gasteiger charge is -2.08. The van der Waals surface area contributed by atoms with Crippen LogP contribution in [-0.4, -0.2) is 0 Å². The van der Waals surface area contributed by atoms with Crippen LogP contribution in [-0.2, 0) is 6.61 Å². The average Bonchev–Trinajstić information content (AvgIpc) is 2.30. The predicted octanol–water partition coefficient (Wildman–Crippen LogP) is 2.84. The van der Waals surface area contributed by atoms with Crippen molar-refractivity contribution >= 4 is 0 Å². The van der Waals surface area contributed by atoms with Crippen molar-refractivity contribution in [3.05, 3.63) is 63.7 Å². The Hall–Kier alpha value is -2.03. The largest absolute Gasteiger partial charge is 0.482 e. The van der Waals surface area contributed by atoms with E-state index in [1.807, 2.05) is 31.2 Å². The van der Waals surface area contributed by atoms with Gasteiger partial charge in [0.2, 0.25) is 11.2 Å². The van der Waals surface area contributed by atoms with E-state index in [-0.39, 0.29) is 11.2 Å². The Morgan fingerprint density at radius 1 is 1.18 bits per heavy atom. The third-order valence-electron chi connectivity index (χ3n) is 2.64. The first-order chi connectivity index (χ1) is 8.18. The van der Waals surface area contributed by atoms with Crippen molar-refractivity contribution in [2.24, 2.45) is 0 Å². The van der Waals surface area contributed by atoms with E-state index in [0.29, 0.717) is 12.4 Å². The van der Waals surface area contributed by atoms with Crippen LogP contribution in [0.3, 0.4) is 0 Å². The molecule has 0 atom stereocenters. The molecule has 2 rings (SSSR count). The van der Waals surface area contributed by atoms with E-state index in [4.69, 9.17) is 9.15 Å². The molecule has 1 aromatic carbocycles. The van der Waals surface area contributed by atoms with E-state index < -0.39 is 0 Å². The minimum absolute atomic E-state index is 0.151. The Bertz CT molecular complexity index is 570. The van der Waals surface area contributed by atoms with Gasteiger partial charge in [-0.2, -0.15) is 0 Å². The molecule has 0 saturated heterocycles. The Labute approximate surface area is 99.7 Å². The molecule has 1 heterocycles. The molecule has 0 spiro atoms.